The zero-order valence-corrected chi connectivity index (χ0v) is 11.6. The minimum atomic E-state index is -1.14. The lowest BCUT2D eigenvalue weighted by atomic mass is 10.2. The highest BCUT2D eigenvalue weighted by atomic mass is 16.6. The summed E-state index contributed by atoms with van der Waals surface area (Å²) in [6, 6.07) is -1.05. The lowest BCUT2D eigenvalue weighted by Gasteiger charge is -2.22. The van der Waals surface area contributed by atoms with Crippen molar-refractivity contribution in [3.8, 4) is 0 Å². The first-order valence-electron chi connectivity index (χ1n) is 6.17. The molecule has 1 amide bonds. The second-order valence-corrected chi connectivity index (χ2v) is 5.02. The van der Waals surface area contributed by atoms with E-state index in [1.165, 1.54) is 0 Å². The number of carboxylic acids is 1. The molecule has 0 bridgehead atoms. The van der Waals surface area contributed by atoms with Gasteiger partial charge in [-0.05, 0) is 27.2 Å². The molecule has 0 aliphatic heterocycles. The summed E-state index contributed by atoms with van der Waals surface area (Å²) >= 11 is 0. The van der Waals surface area contributed by atoms with Gasteiger partial charge in [-0.15, -0.1) is 0 Å². The van der Waals surface area contributed by atoms with E-state index in [4.69, 9.17) is 19.7 Å². The SMILES string of the molecule is CC(C)(C)OC(=O)N[C@@H](CCOCCCO)C(=O)O. The van der Waals surface area contributed by atoms with Crippen molar-refractivity contribution in [2.24, 2.45) is 0 Å². The van der Waals surface area contributed by atoms with Gasteiger partial charge in [-0.1, -0.05) is 0 Å². The Morgan fingerprint density at radius 1 is 1.26 bits per heavy atom. The minimum absolute atomic E-state index is 0.0263. The fourth-order valence-corrected chi connectivity index (χ4v) is 1.18. The van der Waals surface area contributed by atoms with Crippen LogP contribution in [0.25, 0.3) is 0 Å². The van der Waals surface area contributed by atoms with E-state index in [0.717, 1.165) is 0 Å². The number of rotatable bonds is 8. The molecule has 0 rings (SSSR count). The average molecular weight is 277 g/mol. The van der Waals surface area contributed by atoms with Crippen LogP contribution in [0, 0.1) is 0 Å². The van der Waals surface area contributed by atoms with E-state index in [0.29, 0.717) is 13.0 Å². The van der Waals surface area contributed by atoms with Crippen LogP contribution < -0.4 is 5.32 Å². The van der Waals surface area contributed by atoms with Gasteiger partial charge in [-0.25, -0.2) is 9.59 Å². The summed E-state index contributed by atoms with van der Waals surface area (Å²) in [5, 5.41) is 19.8. The molecule has 0 aliphatic rings. The van der Waals surface area contributed by atoms with Crippen molar-refractivity contribution >= 4 is 12.1 Å². The molecule has 0 spiro atoms. The number of ether oxygens (including phenoxy) is 2. The Morgan fingerprint density at radius 2 is 1.89 bits per heavy atom. The lowest BCUT2D eigenvalue weighted by Crippen LogP contribution is -2.44. The first-order valence-corrected chi connectivity index (χ1v) is 6.17. The number of aliphatic carboxylic acids is 1. The molecule has 0 saturated carbocycles. The van der Waals surface area contributed by atoms with Crippen LogP contribution in [0.4, 0.5) is 4.79 Å². The topological polar surface area (TPSA) is 105 Å². The van der Waals surface area contributed by atoms with Gasteiger partial charge in [0.2, 0.25) is 0 Å². The Labute approximate surface area is 112 Å². The Hall–Kier alpha value is -1.34. The maximum absolute atomic E-state index is 11.4. The Kier molecular flexibility index (Phi) is 8.09. The van der Waals surface area contributed by atoms with Crippen LogP contribution in [-0.2, 0) is 14.3 Å². The summed E-state index contributed by atoms with van der Waals surface area (Å²) < 4.78 is 10.1. The third-order valence-corrected chi connectivity index (χ3v) is 1.99. The van der Waals surface area contributed by atoms with Crippen LogP contribution in [0.5, 0.6) is 0 Å². The standard InChI is InChI=1S/C12H23NO6/c1-12(2,3)19-11(17)13-9(10(15)16)5-8-18-7-4-6-14/h9,14H,4-8H2,1-3H3,(H,13,17)(H,15,16)/t9-/m0/s1. The van der Waals surface area contributed by atoms with Gasteiger partial charge in [-0.3, -0.25) is 0 Å². The predicted molar refractivity (Wildman–Crippen MR) is 67.9 cm³/mol. The number of alkyl carbamates (subject to hydrolysis) is 1. The zero-order chi connectivity index (χ0) is 14.9. The van der Waals surface area contributed by atoms with Crippen molar-refractivity contribution in [2.75, 3.05) is 19.8 Å². The molecular weight excluding hydrogens is 254 g/mol. The fourth-order valence-electron chi connectivity index (χ4n) is 1.18. The molecule has 0 saturated heterocycles. The summed E-state index contributed by atoms with van der Waals surface area (Å²) in [5.41, 5.74) is -0.676. The van der Waals surface area contributed by atoms with Crippen LogP contribution in [0.3, 0.4) is 0 Å². The normalized spacial score (nSPS) is 12.8. The highest BCUT2D eigenvalue weighted by Gasteiger charge is 2.23. The van der Waals surface area contributed by atoms with Gasteiger partial charge in [-0.2, -0.15) is 0 Å². The molecule has 112 valence electrons. The molecule has 1 atom stereocenters. The monoisotopic (exact) mass is 277 g/mol. The lowest BCUT2D eigenvalue weighted by molar-refractivity contribution is -0.140. The molecule has 0 radical (unpaired) electrons. The van der Waals surface area contributed by atoms with E-state index in [-0.39, 0.29) is 19.6 Å². The fraction of sp³-hybridized carbons (Fsp3) is 0.833. The second-order valence-electron chi connectivity index (χ2n) is 5.02. The van der Waals surface area contributed by atoms with Gasteiger partial charge < -0.3 is 25.0 Å². The molecular formula is C12H23NO6. The van der Waals surface area contributed by atoms with E-state index in [1.807, 2.05) is 0 Å². The third-order valence-electron chi connectivity index (χ3n) is 1.99. The number of amides is 1. The van der Waals surface area contributed by atoms with Crippen molar-refractivity contribution < 1.29 is 29.3 Å². The number of nitrogens with one attached hydrogen (secondary N) is 1. The smallest absolute Gasteiger partial charge is 0.408 e. The van der Waals surface area contributed by atoms with Crippen molar-refractivity contribution in [3.05, 3.63) is 0 Å². The number of carboxylic acid groups (broad SMARTS) is 1. The van der Waals surface area contributed by atoms with Gasteiger partial charge >= 0.3 is 12.1 Å². The van der Waals surface area contributed by atoms with Crippen molar-refractivity contribution in [2.45, 2.75) is 45.3 Å². The number of aliphatic hydroxyl groups is 1. The molecule has 0 heterocycles. The van der Waals surface area contributed by atoms with E-state index >= 15 is 0 Å². The first-order chi connectivity index (χ1) is 8.76. The molecule has 0 unspecified atom stereocenters. The van der Waals surface area contributed by atoms with Crippen LogP contribution in [0.1, 0.15) is 33.6 Å². The Bertz CT molecular complexity index is 286. The summed E-state index contributed by atoms with van der Waals surface area (Å²) in [6.07, 6.45) is -0.132. The summed E-state index contributed by atoms with van der Waals surface area (Å²) in [4.78, 5) is 22.4. The molecule has 3 N–H and O–H groups in total. The van der Waals surface area contributed by atoms with Crippen LogP contribution >= 0.6 is 0 Å². The molecule has 0 fully saturated rings. The summed E-state index contributed by atoms with van der Waals surface area (Å²) in [7, 11) is 0. The highest BCUT2D eigenvalue weighted by molar-refractivity contribution is 5.79. The van der Waals surface area contributed by atoms with Crippen LogP contribution in [-0.4, -0.2) is 53.7 Å². The van der Waals surface area contributed by atoms with Crippen molar-refractivity contribution in [3.63, 3.8) is 0 Å². The quantitative estimate of drug-likeness (QED) is 0.565. The summed E-state index contributed by atoms with van der Waals surface area (Å²) in [5.74, 6) is -1.14. The first kappa shape index (κ1) is 17.7. The van der Waals surface area contributed by atoms with Gasteiger partial charge in [0, 0.05) is 26.2 Å². The molecule has 0 aliphatic carbocycles. The second kappa shape index (κ2) is 8.71. The number of hydrogen-bond acceptors (Lipinski definition) is 5. The molecule has 0 aromatic carbocycles. The van der Waals surface area contributed by atoms with Gasteiger partial charge in [0.15, 0.2) is 0 Å². The van der Waals surface area contributed by atoms with Gasteiger partial charge in [0.05, 0.1) is 0 Å². The number of hydrogen-bond donors (Lipinski definition) is 3. The van der Waals surface area contributed by atoms with Crippen LogP contribution in [0.2, 0.25) is 0 Å². The molecule has 7 heteroatoms. The third kappa shape index (κ3) is 10.3. The van der Waals surface area contributed by atoms with Gasteiger partial charge in [0.25, 0.3) is 0 Å². The van der Waals surface area contributed by atoms with E-state index < -0.39 is 23.7 Å². The minimum Gasteiger partial charge on any atom is -0.480 e. The Morgan fingerprint density at radius 3 is 2.37 bits per heavy atom. The number of carbonyl (C=O) groups is 2. The summed E-state index contributed by atoms with van der Waals surface area (Å²) in [6.45, 7) is 5.65. The molecule has 7 nitrogen and oxygen atoms in total. The zero-order valence-electron chi connectivity index (χ0n) is 11.6. The van der Waals surface area contributed by atoms with Gasteiger partial charge in [0.1, 0.15) is 11.6 Å². The molecule has 0 aromatic rings. The Balaban J connectivity index is 4.05. The highest BCUT2D eigenvalue weighted by Crippen LogP contribution is 2.07. The van der Waals surface area contributed by atoms with E-state index in [9.17, 15) is 9.59 Å². The molecule has 0 aromatic heterocycles. The average Bonchev–Trinajstić information content (AvgIpc) is 2.24. The largest absolute Gasteiger partial charge is 0.480 e. The van der Waals surface area contributed by atoms with Crippen LogP contribution in [0.15, 0.2) is 0 Å². The van der Waals surface area contributed by atoms with E-state index in [2.05, 4.69) is 5.32 Å². The maximum atomic E-state index is 11.4. The maximum Gasteiger partial charge on any atom is 0.408 e. The number of carbonyl (C=O) groups excluding carboxylic acids is 1. The molecule has 19 heavy (non-hydrogen) atoms. The van der Waals surface area contributed by atoms with Crippen molar-refractivity contribution in [1.82, 2.24) is 5.32 Å². The number of aliphatic hydroxyl groups excluding tert-OH is 1. The van der Waals surface area contributed by atoms with Crippen molar-refractivity contribution in [1.29, 1.82) is 0 Å². The van der Waals surface area contributed by atoms with E-state index in [1.54, 1.807) is 20.8 Å². The predicted octanol–water partition coefficient (Wildman–Crippen LogP) is 0.753.